The lowest BCUT2D eigenvalue weighted by Gasteiger charge is -2.16. The summed E-state index contributed by atoms with van der Waals surface area (Å²) >= 11 is 0. The van der Waals surface area contributed by atoms with Crippen LogP contribution in [0.5, 0.6) is 0 Å². The molecule has 0 aliphatic carbocycles. The highest BCUT2D eigenvalue weighted by atomic mass is 16.6. The number of rotatable bonds is 14. The van der Waals surface area contributed by atoms with Crippen LogP contribution >= 0.6 is 0 Å². The Morgan fingerprint density at radius 3 is 1.18 bits per heavy atom. The topological polar surface area (TPSA) is 108 Å². The molecular weight excluding hydrogens is 512 g/mol. The van der Waals surface area contributed by atoms with E-state index in [9.17, 15) is 19.5 Å². The van der Waals surface area contributed by atoms with Gasteiger partial charge in [-0.1, -0.05) is 32.4 Å². The summed E-state index contributed by atoms with van der Waals surface area (Å²) < 4.78 is 21.5. The van der Waals surface area contributed by atoms with E-state index in [-0.39, 0.29) is 43.1 Å². The first-order valence-electron chi connectivity index (χ1n) is 12.5. The number of hydrogen-bond acceptors (Lipinski definition) is 8. The molecule has 1 unspecified atom stereocenters. The van der Waals surface area contributed by atoms with Crippen molar-refractivity contribution in [2.45, 2.75) is 60.4 Å². The molecule has 2 aromatic carbocycles. The van der Waals surface area contributed by atoms with E-state index in [0.29, 0.717) is 27.8 Å². The van der Waals surface area contributed by atoms with Crippen LogP contribution in [0.25, 0.3) is 11.1 Å². The van der Waals surface area contributed by atoms with E-state index in [2.05, 4.69) is 26.3 Å². The van der Waals surface area contributed by atoms with Crippen molar-refractivity contribution in [2.24, 2.45) is 0 Å². The first-order valence-corrected chi connectivity index (χ1v) is 12.5. The van der Waals surface area contributed by atoms with Gasteiger partial charge in [-0.05, 0) is 97.0 Å². The van der Waals surface area contributed by atoms with Gasteiger partial charge in [-0.3, -0.25) is 0 Å². The molecule has 0 radical (unpaired) electrons. The van der Waals surface area contributed by atoms with Gasteiger partial charge in [-0.15, -0.1) is 0 Å². The molecule has 1 atom stereocenters. The van der Waals surface area contributed by atoms with Crippen molar-refractivity contribution in [1.29, 1.82) is 0 Å². The van der Waals surface area contributed by atoms with Crippen LogP contribution in [0.2, 0.25) is 0 Å². The van der Waals surface area contributed by atoms with Crippen LogP contribution in [0.15, 0.2) is 85.0 Å². The van der Waals surface area contributed by atoms with Crippen LogP contribution in [-0.4, -0.2) is 29.3 Å². The number of carbonyl (C=O) groups excluding carboxylic acids is 3. The molecule has 0 amide bonds. The van der Waals surface area contributed by atoms with Gasteiger partial charge in [0.25, 0.3) is 0 Å². The van der Waals surface area contributed by atoms with Crippen LogP contribution in [0.3, 0.4) is 0 Å². The third-order valence-electron chi connectivity index (χ3n) is 5.42. The normalized spacial score (nSPS) is 11.2. The Bertz CT molecular complexity index is 1290. The van der Waals surface area contributed by atoms with Gasteiger partial charge in [0.1, 0.15) is 19.8 Å². The van der Waals surface area contributed by atoms with Gasteiger partial charge >= 0.3 is 17.9 Å². The van der Waals surface area contributed by atoms with Gasteiger partial charge in [0.2, 0.25) is 0 Å². The molecule has 40 heavy (non-hydrogen) atoms. The monoisotopic (exact) mass is 548 g/mol. The number of aliphatic hydroxyl groups is 1. The Morgan fingerprint density at radius 1 is 0.600 bits per heavy atom. The second-order valence-corrected chi connectivity index (χ2v) is 9.66. The summed E-state index contributed by atoms with van der Waals surface area (Å²) in [5, 5.41) is 10.0. The number of hydrogen-bond donors (Lipinski definition) is 1. The zero-order valence-electron chi connectivity index (χ0n) is 23.5. The van der Waals surface area contributed by atoms with Crippen LogP contribution in [0.1, 0.15) is 49.9 Å². The van der Waals surface area contributed by atoms with E-state index >= 15 is 0 Å². The minimum Gasteiger partial charge on any atom is -0.457 e. The quantitative estimate of drug-likeness (QED) is 0.107. The maximum absolute atomic E-state index is 12.0. The Labute approximate surface area is 235 Å². The zero-order chi connectivity index (χ0) is 30.0. The molecule has 2 aromatic rings. The van der Waals surface area contributed by atoms with Gasteiger partial charge in [0, 0.05) is 16.7 Å². The van der Waals surface area contributed by atoms with Crippen LogP contribution in [-0.2, 0) is 59.8 Å². The average molecular weight is 549 g/mol. The molecule has 0 aromatic heterocycles. The van der Waals surface area contributed by atoms with E-state index in [0.717, 1.165) is 11.1 Å². The van der Waals surface area contributed by atoms with Crippen LogP contribution in [0, 0.1) is 0 Å². The summed E-state index contributed by atoms with van der Waals surface area (Å²) in [5.74, 6) is -1.58. The van der Waals surface area contributed by atoms with E-state index in [4.69, 9.17) is 18.9 Å². The fourth-order valence-electron chi connectivity index (χ4n) is 3.33. The van der Waals surface area contributed by atoms with Gasteiger partial charge < -0.3 is 24.1 Å². The Hall–Kier alpha value is -4.27. The molecule has 0 aliphatic rings. The van der Waals surface area contributed by atoms with Crippen molar-refractivity contribution in [2.75, 3.05) is 0 Å². The van der Waals surface area contributed by atoms with E-state index in [1.54, 1.807) is 39.8 Å². The van der Waals surface area contributed by atoms with Crippen molar-refractivity contribution in [1.82, 2.24) is 0 Å². The summed E-state index contributed by atoms with van der Waals surface area (Å²) in [6, 6.07) is 10.9. The first kappa shape index (κ1) is 31.9. The van der Waals surface area contributed by atoms with Crippen molar-refractivity contribution in [3.05, 3.63) is 107 Å². The Kier molecular flexibility index (Phi) is 11.8. The molecule has 0 saturated heterocycles. The number of carbonyl (C=O) groups is 3. The molecule has 8 heteroatoms. The molecule has 0 fully saturated rings. The third-order valence-corrected chi connectivity index (χ3v) is 5.42. The molecular formula is C32H36O8. The number of ether oxygens (including phenoxy) is 4. The highest BCUT2D eigenvalue weighted by Crippen LogP contribution is 2.27. The average Bonchev–Trinajstić information content (AvgIpc) is 2.91. The van der Waals surface area contributed by atoms with E-state index in [1.165, 1.54) is 0 Å². The predicted molar refractivity (Wildman–Crippen MR) is 151 cm³/mol. The fraction of sp³-hybridized carbons (Fsp3) is 0.281. The summed E-state index contributed by atoms with van der Waals surface area (Å²) in [4.78, 5) is 36.0. The summed E-state index contributed by atoms with van der Waals surface area (Å²) in [6.45, 7) is 20.8. The molecule has 8 nitrogen and oxygen atoms in total. The van der Waals surface area contributed by atoms with E-state index < -0.39 is 24.2 Å². The summed E-state index contributed by atoms with van der Waals surface area (Å²) in [7, 11) is 0. The molecule has 0 heterocycles. The summed E-state index contributed by atoms with van der Waals surface area (Å²) in [5.41, 5.74) is 5.40. The van der Waals surface area contributed by atoms with Crippen LogP contribution < -0.4 is 0 Å². The second-order valence-electron chi connectivity index (χ2n) is 9.66. The van der Waals surface area contributed by atoms with Gasteiger partial charge in [0.15, 0.2) is 6.29 Å². The molecule has 0 spiro atoms. The van der Waals surface area contributed by atoms with Crippen LogP contribution in [0.4, 0.5) is 0 Å². The lowest BCUT2D eigenvalue weighted by Crippen LogP contribution is -2.12. The Morgan fingerprint density at radius 2 is 0.900 bits per heavy atom. The molecule has 2 rings (SSSR count). The lowest BCUT2D eigenvalue weighted by atomic mass is 9.96. The number of esters is 3. The SMILES string of the molecule is C=C(C)C(=O)OCc1cc(COC(=O)C(=C)C)cc(-c2cc(COC(=O)C(=C)C)cc(COC(O)C(=C)C)c2)c1. The first-order chi connectivity index (χ1) is 18.8. The minimum absolute atomic E-state index is 0.0193. The van der Waals surface area contributed by atoms with Crippen molar-refractivity contribution < 1.29 is 38.4 Å². The largest absolute Gasteiger partial charge is 0.457 e. The number of benzene rings is 2. The maximum atomic E-state index is 12.0. The van der Waals surface area contributed by atoms with Gasteiger partial charge in [-0.25, -0.2) is 14.4 Å². The standard InChI is InChI=1S/C32H36O8/c1-19(2)29(33)37-15-23-9-24(16-38-30(34)20(3)4)12-27(11-23)28-13-25(17-39-31(35)21(5)6)10-26(14-28)18-40-32(36)22(7)8/h9-14,29,33H,1,3,5,7,15-18H2,2,4,6,8H3. The molecule has 0 aliphatic heterocycles. The molecule has 1 N–H and O–H groups in total. The number of aliphatic hydroxyl groups excluding tert-OH is 1. The minimum atomic E-state index is -1.14. The highest BCUT2D eigenvalue weighted by molar-refractivity contribution is 5.87. The Balaban J connectivity index is 2.51. The maximum Gasteiger partial charge on any atom is 0.333 e. The molecule has 0 saturated carbocycles. The second kappa shape index (κ2) is 14.8. The predicted octanol–water partition coefficient (Wildman–Crippen LogP) is 5.62. The highest BCUT2D eigenvalue weighted by Gasteiger charge is 2.13. The third kappa shape index (κ3) is 10.1. The smallest absolute Gasteiger partial charge is 0.333 e. The van der Waals surface area contributed by atoms with Crippen molar-refractivity contribution in [3.8, 4) is 11.1 Å². The van der Waals surface area contributed by atoms with E-state index in [1.807, 2.05) is 24.3 Å². The zero-order valence-corrected chi connectivity index (χ0v) is 23.5. The van der Waals surface area contributed by atoms with Gasteiger partial charge in [-0.2, -0.15) is 0 Å². The van der Waals surface area contributed by atoms with Crippen molar-refractivity contribution in [3.63, 3.8) is 0 Å². The molecule has 212 valence electrons. The van der Waals surface area contributed by atoms with Crippen molar-refractivity contribution >= 4 is 17.9 Å². The lowest BCUT2D eigenvalue weighted by molar-refractivity contribution is -0.141. The van der Waals surface area contributed by atoms with Gasteiger partial charge in [0.05, 0.1) is 6.61 Å². The fourth-order valence-corrected chi connectivity index (χ4v) is 3.33. The summed E-state index contributed by atoms with van der Waals surface area (Å²) in [6.07, 6.45) is -1.14. The molecule has 0 bridgehead atoms.